The summed E-state index contributed by atoms with van der Waals surface area (Å²) in [6.07, 6.45) is 6.11. The lowest BCUT2D eigenvalue weighted by Gasteiger charge is -2.34. The summed E-state index contributed by atoms with van der Waals surface area (Å²) >= 11 is 1.74. The van der Waals surface area contributed by atoms with Crippen LogP contribution in [-0.2, 0) is 17.6 Å². The number of carbonyl (C=O) groups excluding carboxylic acids is 1. The third-order valence-corrected chi connectivity index (χ3v) is 6.22. The first kappa shape index (κ1) is 15.8. The molecule has 0 spiro atoms. The number of carbonyl (C=O) groups is 1. The lowest BCUT2D eigenvalue weighted by molar-refractivity contribution is -0.136. The van der Waals surface area contributed by atoms with Crippen LogP contribution in [0.4, 0.5) is 0 Å². The molecule has 2 atom stereocenters. The number of ether oxygens (including phenoxy) is 1. The minimum atomic E-state index is 0.0621. The standard InChI is InChI=1S/C18H23N3O2S/c1-11-6-12(2)8-21(7-11)15(22)9-23-17-16-13-4-3-5-14(13)24-18(16)20-10-19-17/h10-12H,3-9H2,1-2H3/t11-,12+. The molecular formula is C18H23N3O2S. The van der Waals surface area contributed by atoms with E-state index >= 15 is 0 Å². The topological polar surface area (TPSA) is 55.3 Å². The van der Waals surface area contributed by atoms with Crippen LogP contribution in [0.1, 0.15) is 37.1 Å². The van der Waals surface area contributed by atoms with Crippen molar-refractivity contribution in [1.29, 1.82) is 0 Å². The van der Waals surface area contributed by atoms with Crippen LogP contribution < -0.4 is 4.74 Å². The molecule has 3 heterocycles. The van der Waals surface area contributed by atoms with Gasteiger partial charge in [0, 0.05) is 18.0 Å². The van der Waals surface area contributed by atoms with Crippen LogP contribution >= 0.6 is 11.3 Å². The van der Waals surface area contributed by atoms with Crippen LogP contribution in [0.5, 0.6) is 5.88 Å². The van der Waals surface area contributed by atoms with Crippen LogP contribution in [0, 0.1) is 11.8 Å². The Kier molecular flexibility index (Phi) is 4.16. The van der Waals surface area contributed by atoms with Crippen LogP contribution in [0.25, 0.3) is 10.2 Å². The molecule has 0 bridgehead atoms. The SMILES string of the molecule is C[C@@H]1C[C@H](C)CN(C(=O)COc2ncnc3sc4c(c23)CCC4)C1. The molecule has 1 aliphatic carbocycles. The molecular weight excluding hydrogens is 322 g/mol. The zero-order valence-corrected chi connectivity index (χ0v) is 15.1. The van der Waals surface area contributed by atoms with E-state index in [0.29, 0.717) is 17.7 Å². The number of rotatable bonds is 3. The second-order valence-electron chi connectivity index (χ2n) is 7.25. The minimum Gasteiger partial charge on any atom is -0.467 e. The third kappa shape index (κ3) is 2.88. The maximum absolute atomic E-state index is 12.5. The monoisotopic (exact) mass is 345 g/mol. The molecule has 0 aromatic carbocycles. The Bertz CT molecular complexity index is 763. The number of hydrogen-bond acceptors (Lipinski definition) is 5. The van der Waals surface area contributed by atoms with E-state index < -0.39 is 0 Å². The van der Waals surface area contributed by atoms with Gasteiger partial charge in [-0.2, -0.15) is 0 Å². The lowest BCUT2D eigenvalue weighted by atomic mass is 9.92. The Morgan fingerprint density at radius 1 is 1.29 bits per heavy atom. The first-order valence-corrected chi connectivity index (χ1v) is 9.59. The highest BCUT2D eigenvalue weighted by molar-refractivity contribution is 7.18. The van der Waals surface area contributed by atoms with Gasteiger partial charge in [-0.15, -0.1) is 11.3 Å². The Morgan fingerprint density at radius 2 is 2.08 bits per heavy atom. The summed E-state index contributed by atoms with van der Waals surface area (Å²) in [5, 5.41) is 1.03. The largest absolute Gasteiger partial charge is 0.467 e. The molecule has 2 aromatic rings. The second kappa shape index (κ2) is 6.31. The summed E-state index contributed by atoms with van der Waals surface area (Å²) in [7, 11) is 0. The number of likely N-dealkylation sites (tertiary alicyclic amines) is 1. The molecule has 128 valence electrons. The van der Waals surface area contributed by atoms with Crippen molar-refractivity contribution in [2.45, 2.75) is 39.5 Å². The van der Waals surface area contributed by atoms with Crippen LogP contribution in [0.3, 0.4) is 0 Å². The zero-order chi connectivity index (χ0) is 16.7. The van der Waals surface area contributed by atoms with Crippen molar-refractivity contribution >= 4 is 27.5 Å². The number of nitrogens with zero attached hydrogens (tertiary/aromatic N) is 3. The Balaban J connectivity index is 1.50. The van der Waals surface area contributed by atoms with Gasteiger partial charge in [0.1, 0.15) is 11.2 Å². The van der Waals surface area contributed by atoms with Crippen molar-refractivity contribution in [2.75, 3.05) is 19.7 Å². The van der Waals surface area contributed by atoms with Gasteiger partial charge in [0.05, 0.1) is 5.39 Å². The smallest absolute Gasteiger partial charge is 0.260 e. The predicted octanol–water partition coefficient (Wildman–Crippen LogP) is 3.06. The average molecular weight is 345 g/mol. The van der Waals surface area contributed by atoms with E-state index in [0.717, 1.165) is 36.1 Å². The third-order valence-electron chi connectivity index (χ3n) is 5.02. The van der Waals surface area contributed by atoms with Gasteiger partial charge in [-0.25, -0.2) is 9.97 Å². The summed E-state index contributed by atoms with van der Waals surface area (Å²) in [5.41, 5.74) is 1.33. The Hall–Kier alpha value is -1.69. The van der Waals surface area contributed by atoms with Crippen molar-refractivity contribution in [3.8, 4) is 5.88 Å². The maximum Gasteiger partial charge on any atom is 0.260 e. The van der Waals surface area contributed by atoms with E-state index in [1.54, 1.807) is 17.7 Å². The molecule has 0 radical (unpaired) electrons. The normalized spacial score (nSPS) is 23.5. The van der Waals surface area contributed by atoms with Gasteiger partial charge in [-0.05, 0) is 43.1 Å². The molecule has 1 aliphatic heterocycles. The highest BCUT2D eigenvalue weighted by Gasteiger charge is 2.26. The molecule has 2 aliphatic rings. The van der Waals surface area contributed by atoms with E-state index in [2.05, 4.69) is 23.8 Å². The van der Waals surface area contributed by atoms with E-state index in [1.165, 1.54) is 23.3 Å². The van der Waals surface area contributed by atoms with Gasteiger partial charge >= 0.3 is 0 Å². The Morgan fingerprint density at radius 3 is 2.88 bits per heavy atom. The number of piperidine rings is 1. The maximum atomic E-state index is 12.5. The molecule has 5 nitrogen and oxygen atoms in total. The molecule has 4 rings (SSSR count). The minimum absolute atomic E-state index is 0.0621. The van der Waals surface area contributed by atoms with Gasteiger partial charge in [-0.1, -0.05) is 13.8 Å². The first-order chi connectivity index (χ1) is 11.6. The van der Waals surface area contributed by atoms with Crippen molar-refractivity contribution < 1.29 is 9.53 Å². The molecule has 2 aromatic heterocycles. The second-order valence-corrected chi connectivity index (χ2v) is 8.33. The average Bonchev–Trinajstić information content (AvgIpc) is 3.12. The summed E-state index contributed by atoms with van der Waals surface area (Å²) in [6, 6.07) is 0. The van der Waals surface area contributed by atoms with Crippen molar-refractivity contribution in [2.24, 2.45) is 11.8 Å². The fourth-order valence-electron chi connectivity index (χ4n) is 4.10. The van der Waals surface area contributed by atoms with E-state index in [1.807, 2.05) is 4.90 Å². The molecule has 1 fully saturated rings. The fraction of sp³-hybridized carbons (Fsp3) is 0.611. The van der Waals surface area contributed by atoms with Crippen LogP contribution in [0.15, 0.2) is 6.33 Å². The van der Waals surface area contributed by atoms with Crippen molar-refractivity contribution in [3.05, 3.63) is 16.8 Å². The summed E-state index contributed by atoms with van der Waals surface area (Å²) < 4.78 is 5.85. The van der Waals surface area contributed by atoms with Gasteiger partial charge in [-0.3, -0.25) is 4.79 Å². The molecule has 24 heavy (non-hydrogen) atoms. The summed E-state index contributed by atoms with van der Waals surface area (Å²) in [5.74, 6) is 1.75. The number of fused-ring (bicyclic) bond motifs is 3. The predicted molar refractivity (Wildman–Crippen MR) is 94.5 cm³/mol. The fourth-order valence-corrected chi connectivity index (χ4v) is 5.32. The quantitative estimate of drug-likeness (QED) is 0.858. The number of aromatic nitrogens is 2. The van der Waals surface area contributed by atoms with Crippen molar-refractivity contribution in [1.82, 2.24) is 14.9 Å². The van der Waals surface area contributed by atoms with E-state index in [-0.39, 0.29) is 12.5 Å². The molecule has 0 unspecified atom stereocenters. The highest BCUT2D eigenvalue weighted by atomic mass is 32.1. The molecule has 0 N–H and O–H groups in total. The summed E-state index contributed by atoms with van der Waals surface area (Å²) in [4.78, 5) is 25.5. The molecule has 0 saturated carbocycles. The van der Waals surface area contributed by atoms with Gasteiger partial charge < -0.3 is 9.64 Å². The molecule has 1 amide bonds. The van der Waals surface area contributed by atoms with Crippen LogP contribution in [-0.4, -0.2) is 40.5 Å². The lowest BCUT2D eigenvalue weighted by Crippen LogP contribution is -2.44. The van der Waals surface area contributed by atoms with Gasteiger partial charge in [0.2, 0.25) is 5.88 Å². The number of amides is 1. The van der Waals surface area contributed by atoms with E-state index in [9.17, 15) is 4.79 Å². The zero-order valence-electron chi connectivity index (χ0n) is 14.2. The molecule has 1 saturated heterocycles. The van der Waals surface area contributed by atoms with E-state index in [4.69, 9.17) is 4.74 Å². The van der Waals surface area contributed by atoms with Crippen molar-refractivity contribution in [3.63, 3.8) is 0 Å². The number of aryl methyl sites for hydroxylation is 2. The highest BCUT2D eigenvalue weighted by Crippen LogP contribution is 2.39. The number of thiophene rings is 1. The van der Waals surface area contributed by atoms with Crippen LogP contribution in [0.2, 0.25) is 0 Å². The van der Waals surface area contributed by atoms with Gasteiger partial charge in [0.15, 0.2) is 6.61 Å². The first-order valence-electron chi connectivity index (χ1n) is 8.77. The van der Waals surface area contributed by atoms with Gasteiger partial charge in [0.25, 0.3) is 5.91 Å². The number of hydrogen-bond donors (Lipinski definition) is 0. The Labute approximate surface area is 146 Å². The molecule has 6 heteroatoms. The summed E-state index contributed by atoms with van der Waals surface area (Å²) in [6.45, 7) is 6.15.